The molecule has 2 atom stereocenters. The molecule has 2 aromatic rings. The van der Waals surface area contributed by atoms with Crippen LogP contribution in [0, 0.1) is 29.3 Å². The lowest BCUT2D eigenvalue weighted by molar-refractivity contribution is 0.102. The summed E-state index contributed by atoms with van der Waals surface area (Å²) in [4.78, 5) is 12.3. The predicted molar refractivity (Wildman–Crippen MR) is 107 cm³/mol. The number of nitrogens with one attached hydrogen (secondary N) is 1. The van der Waals surface area contributed by atoms with Gasteiger partial charge >= 0.3 is 0 Å². The van der Waals surface area contributed by atoms with E-state index in [0.29, 0.717) is 37.6 Å². The van der Waals surface area contributed by atoms with Crippen molar-refractivity contribution in [3.05, 3.63) is 58.4 Å². The van der Waals surface area contributed by atoms with Gasteiger partial charge < -0.3 is 5.32 Å². The van der Waals surface area contributed by atoms with Crippen molar-refractivity contribution in [1.82, 2.24) is 4.31 Å². The molecular weight excluding hydrogens is 441 g/mol. The van der Waals surface area contributed by atoms with Crippen molar-refractivity contribution in [2.45, 2.75) is 25.2 Å². The molecule has 1 amide bonds. The van der Waals surface area contributed by atoms with Gasteiger partial charge in [0.1, 0.15) is 4.90 Å². The van der Waals surface area contributed by atoms with Gasteiger partial charge in [0, 0.05) is 36.5 Å². The number of nitrogens with zero attached hydrogens (tertiary/aromatic N) is 1. The Kier molecular flexibility index (Phi) is 6.45. The second-order valence-corrected chi connectivity index (χ2v) is 9.77. The zero-order valence-electron chi connectivity index (χ0n) is 16.3. The summed E-state index contributed by atoms with van der Waals surface area (Å²) in [5.41, 5.74) is -0.392. The maximum Gasteiger partial charge on any atom is 0.255 e. The summed E-state index contributed by atoms with van der Waals surface area (Å²) in [6.07, 6.45) is 0.708. The van der Waals surface area contributed by atoms with E-state index in [1.807, 2.05) is 6.92 Å². The molecule has 0 saturated carbocycles. The highest BCUT2D eigenvalue weighted by molar-refractivity contribution is 7.89. The number of amides is 1. The lowest BCUT2D eigenvalue weighted by Gasteiger charge is -2.34. The van der Waals surface area contributed by atoms with Crippen molar-refractivity contribution >= 4 is 33.2 Å². The van der Waals surface area contributed by atoms with E-state index in [0.717, 1.165) is 6.07 Å². The number of anilines is 1. The molecule has 1 saturated heterocycles. The molecule has 1 heterocycles. The first-order chi connectivity index (χ1) is 14.0. The van der Waals surface area contributed by atoms with Crippen LogP contribution in [0.4, 0.5) is 18.9 Å². The number of hydrogen-bond acceptors (Lipinski definition) is 3. The number of rotatable bonds is 4. The minimum atomic E-state index is -3.95. The highest BCUT2D eigenvalue weighted by atomic mass is 35.5. The summed E-state index contributed by atoms with van der Waals surface area (Å²) in [7, 11) is -3.95. The van der Waals surface area contributed by atoms with Gasteiger partial charge in [-0.15, -0.1) is 0 Å². The van der Waals surface area contributed by atoms with Gasteiger partial charge in [0.05, 0.1) is 5.02 Å². The Morgan fingerprint density at radius 2 is 1.73 bits per heavy atom. The van der Waals surface area contributed by atoms with Crippen LogP contribution in [-0.2, 0) is 10.0 Å². The van der Waals surface area contributed by atoms with Gasteiger partial charge in [0.15, 0.2) is 17.5 Å². The molecule has 0 spiro atoms. The van der Waals surface area contributed by atoms with Crippen molar-refractivity contribution in [3.63, 3.8) is 0 Å². The number of sulfonamides is 1. The van der Waals surface area contributed by atoms with E-state index in [2.05, 4.69) is 12.2 Å². The fraction of sp³-hybridized carbons (Fsp3) is 0.350. The van der Waals surface area contributed by atoms with Gasteiger partial charge in [0.25, 0.3) is 5.91 Å². The first-order valence-electron chi connectivity index (χ1n) is 9.26. The third-order valence-corrected chi connectivity index (χ3v) is 7.70. The minimum absolute atomic E-state index is 0.0447. The van der Waals surface area contributed by atoms with Crippen LogP contribution < -0.4 is 5.32 Å². The highest BCUT2D eigenvalue weighted by Crippen LogP contribution is 2.31. The number of carbonyl (C=O) groups is 1. The molecule has 0 radical (unpaired) electrons. The van der Waals surface area contributed by atoms with Crippen LogP contribution in [0.1, 0.15) is 30.6 Å². The van der Waals surface area contributed by atoms with Crippen LogP contribution in [0.5, 0.6) is 0 Å². The quantitative estimate of drug-likeness (QED) is 0.674. The Bertz CT molecular complexity index is 1070. The second kappa shape index (κ2) is 8.56. The fourth-order valence-corrected chi connectivity index (χ4v) is 5.31. The average Bonchev–Trinajstić information content (AvgIpc) is 2.68. The average molecular weight is 461 g/mol. The lowest BCUT2D eigenvalue weighted by Crippen LogP contribution is -2.42. The van der Waals surface area contributed by atoms with Crippen LogP contribution in [-0.4, -0.2) is 31.7 Å². The number of carbonyl (C=O) groups excluding carboxylic acids is 1. The number of benzene rings is 2. The molecule has 0 aliphatic carbocycles. The minimum Gasteiger partial charge on any atom is -0.322 e. The summed E-state index contributed by atoms with van der Waals surface area (Å²) >= 11 is 6.11. The molecule has 1 aliphatic heterocycles. The predicted octanol–water partition coefficient (Wildman–Crippen LogP) is 4.68. The Morgan fingerprint density at radius 3 is 2.33 bits per heavy atom. The molecule has 3 rings (SSSR count). The number of piperidine rings is 1. The molecule has 1 aliphatic rings. The van der Waals surface area contributed by atoms with E-state index >= 15 is 0 Å². The second-order valence-electron chi connectivity index (χ2n) is 7.46. The van der Waals surface area contributed by atoms with Crippen molar-refractivity contribution < 1.29 is 26.4 Å². The van der Waals surface area contributed by atoms with Crippen LogP contribution in [0.3, 0.4) is 0 Å². The summed E-state index contributed by atoms with van der Waals surface area (Å²) in [5, 5.41) is 2.18. The monoisotopic (exact) mass is 460 g/mol. The largest absolute Gasteiger partial charge is 0.322 e. The topological polar surface area (TPSA) is 66.5 Å². The molecule has 162 valence electrons. The van der Waals surface area contributed by atoms with Gasteiger partial charge in [-0.3, -0.25) is 4.79 Å². The fourth-order valence-electron chi connectivity index (χ4n) is 3.26. The molecule has 1 N–H and O–H groups in total. The van der Waals surface area contributed by atoms with Crippen LogP contribution in [0.25, 0.3) is 0 Å². The van der Waals surface area contributed by atoms with Crippen molar-refractivity contribution in [3.8, 4) is 0 Å². The highest BCUT2D eigenvalue weighted by Gasteiger charge is 2.33. The molecule has 10 heteroatoms. The molecule has 0 aromatic heterocycles. The maximum absolute atomic E-state index is 13.4. The molecular formula is C20H20ClF3N2O3S. The first kappa shape index (κ1) is 22.6. The molecule has 5 nitrogen and oxygen atoms in total. The zero-order valence-corrected chi connectivity index (χ0v) is 17.8. The molecule has 2 unspecified atom stereocenters. The van der Waals surface area contributed by atoms with E-state index in [4.69, 9.17) is 11.6 Å². The van der Waals surface area contributed by atoms with E-state index in [-0.39, 0.29) is 27.1 Å². The normalized spacial score (nSPS) is 20.2. The maximum atomic E-state index is 13.4. The molecule has 2 aromatic carbocycles. The van der Waals surface area contributed by atoms with Gasteiger partial charge in [-0.05, 0) is 36.5 Å². The third-order valence-electron chi connectivity index (χ3n) is 5.35. The van der Waals surface area contributed by atoms with Crippen molar-refractivity contribution in [2.75, 3.05) is 18.4 Å². The smallest absolute Gasteiger partial charge is 0.255 e. The Balaban J connectivity index is 1.88. The summed E-state index contributed by atoms with van der Waals surface area (Å²) in [6.45, 7) is 4.71. The molecule has 0 bridgehead atoms. The van der Waals surface area contributed by atoms with Crippen LogP contribution in [0.15, 0.2) is 35.2 Å². The molecule has 30 heavy (non-hydrogen) atoms. The van der Waals surface area contributed by atoms with E-state index < -0.39 is 33.4 Å². The standard InChI is InChI=1S/C20H20ClF3N2O3S/c1-11-5-6-26(10-12(11)2)30(28,29)18-7-13(3-4-15(18)21)20(27)25-14-8-16(22)19(24)17(23)9-14/h3-4,7-9,11-12H,5-6,10H2,1-2H3,(H,25,27). The molecule has 1 fully saturated rings. The van der Waals surface area contributed by atoms with Gasteiger partial charge in [-0.25, -0.2) is 21.6 Å². The van der Waals surface area contributed by atoms with Crippen LogP contribution in [0.2, 0.25) is 5.02 Å². The zero-order chi connectivity index (χ0) is 22.2. The van der Waals surface area contributed by atoms with Crippen molar-refractivity contribution in [2.24, 2.45) is 11.8 Å². The number of hydrogen-bond donors (Lipinski definition) is 1. The van der Waals surface area contributed by atoms with Crippen molar-refractivity contribution in [1.29, 1.82) is 0 Å². The number of halogens is 4. The third kappa shape index (κ3) is 4.48. The summed E-state index contributed by atoms with van der Waals surface area (Å²) in [6, 6.07) is 4.92. The van der Waals surface area contributed by atoms with Gasteiger partial charge in [-0.2, -0.15) is 4.31 Å². The SMILES string of the molecule is CC1CCN(S(=O)(=O)c2cc(C(=O)Nc3cc(F)c(F)c(F)c3)ccc2Cl)CC1C. The lowest BCUT2D eigenvalue weighted by atomic mass is 9.90. The summed E-state index contributed by atoms with van der Waals surface area (Å²) in [5.74, 6) is -4.84. The van der Waals surface area contributed by atoms with E-state index in [9.17, 15) is 26.4 Å². The van der Waals surface area contributed by atoms with Gasteiger partial charge in [0.2, 0.25) is 10.0 Å². The van der Waals surface area contributed by atoms with E-state index in [1.165, 1.54) is 16.4 Å². The van der Waals surface area contributed by atoms with Crippen LogP contribution >= 0.6 is 11.6 Å². The first-order valence-corrected chi connectivity index (χ1v) is 11.1. The van der Waals surface area contributed by atoms with Gasteiger partial charge in [-0.1, -0.05) is 25.4 Å². The van der Waals surface area contributed by atoms with E-state index in [1.54, 1.807) is 0 Å². The Labute approximate surface area is 177 Å². The Hall–Kier alpha value is -2.10. The Morgan fingerprint density at radius 1 is 1.10 bits per heavy atom. The summed E-state index contributed by atoms with van der Waals surface area (Å²) < 4.78 is 67.3.